The highest BCUT2D eigenvalue weighted by Gasteiger charge is 2.19. The van der Waals surface area contributed by atoms with Gasteiger partial charge in [0.1, 0.15) is 17.5 Å². The Labute approximate surface area is 120 Å². The van der Waals surface area contributed by atoms with E-state index >= 15 is 0 Å². The van der Waals surface area contributed by atoms with Gasteiger partial charge in [0.25, 0.3) is 11.6 Å². The number of nitrogens with zero attached hydrogens (tertiary/aromatic N) is 3. The summed E-state index contributed by atoms with van der Waals surface area (Å²) >= 11 is 0. The molecule has 0 radical (unpaired) electrons. The first-order valence-electron chi connectivity index (χ1n) is 6.23. The quantitative estimate of drug-likeness (QED) is 0.685. The van der Waals surface area contributed by atoms with Crippen LogP contribution in [-0.2, 0) is 0 Å². The highest BCUT2D eigenvalue weighted by atomic mass is 16.6. The summed E-state index contributed by atoms with van der Waals surface area (Å²) in [6.07, 6.45) is 1.56. The van der Waals surface area contributed by atoms with Gasteiger partial charge in [-0.15, -0.1) is 0 Å². The minimum Gasteiger partial charge on any atom is -0.352 e. The van der Waals surface area contributed by atoms with Crippen LogP contribution in [0.2, 0.25) is 0 Å². The molecule has 2 rings (SSSR count). The molecule has 0 saturated heterocycles. The van der Waals surface area contributed by atoms with Gasteiger partial charge < -0.3 is 9.88 Å². The van der Waals surface area contributed by atoms with E-state index in [1.54, 1.807) is 25.3 Å². The summed E-state index contributed by atoms with van der Waals surface area (Å²) in [5.74, 6) is -0.375. The normalized spacial score (nSPS) is 9.90. The summed E-state index contributed by atoms with van der Waals surface area (Å²) in [7, 11) is 0. The molecular weight excluding hydrogens is 272 g/mol. The number of hydrogen-bond donors (Lipinski definition) is 1. The highest BCUT2D eigenvalue weighted by molar-refractivity contribution is 5.95. The molecule has 1 aromatic heterocycles. The number of nitro benzene ring substituents is 1. The summed E-state index contributed by atoms with van der Waals surface area (Å²) in [5, 5.41) is 22.8. The molecule has 0 fully saturated rings. The van der Waals surface area contributed by atoms with E-state index in [0.29, 0.717) is 6.54 Å². The molecule has 1 N–H and O–H groups in total. The van der Waals surface area contributed by atoms with Crippen molar-refractivity contribution in [2.45, 2.75) is 6.92 Å². The molecule has 0 aliphatic heterocycles. The molecule has 0 spiro atoms. The number of carbonyl (C=O) groups excluding carboxylic acids is 1. The van der Waals surface area contributed by atoms with E-state index in [4.69, 9.17) is 5.26 Å². The maximum atomic E-state index is 11.7. The zero-order chi connectivity index (χ0) is 15.4. The molecule has 1 aromatic carbocycles. The van der Waals surface area contributed by atoms with Gasteiger partial charge in [-0.25, -0.2) is 0 Å². The number of aromatic nitrogens is 1. The third-order valence-electron chi connectivity index (χ3n) is 2.89. The predicted octanol–water partition coefficient (Wildman–Crippen LogP) is 2.01. The second-order valence-electron chi connectivity index (χ2n) is 4.20. The van der Waals surface area contributed by atoms with E-state index in [1.807, 2.05) is 6.07 Å². The largest absolute Gasteiger partial charge is 0.352 e. The summed E-state index contributed by atoms with van der Waals surface area (Å²) in [6, 6.07) is 9.31. The second kappa shape index (κ2) is 5.88. The van der Waals surface area contributed by atoms with Gasteiger partial charge in [0.2, 0.25) is 0 Å². The van der Waals surface area contributed by atoms with E-state index in [-0.39, 0.29) is 28.5 Å². The lowest BCUT2D eigenvalue weighted by molar-refractivity contribution is -0.384. The van der Waals surface area contributed by atoms with Crippen molar-refractivity contribution in [3.05, 3.63) is 57.9 Å². The first kappa shape index (κ1) is 14.3. The van der Waals surface area contributed by atoms with Gasteiger partial charge in [-0.2, -0.15) is 5.26 Å². The Morgan fingerprint density at radius 2 is 2.24 bits per heavy atom. The fourth-order valence-corrected chi connectivity index (χ4v) is 1.96. The number of carbonyl (C=O) groups is 1. The van der Waals surface area contributed by atoms with Crippen LogP contribution in [0, 0.1) is 21.4 Å². The van der Waals surface area contributed by atoms with Crippen molar-refractivity contribution in [2.75, 3.05) is 6.54 Å². The van der Waals surface area contributed by atoms with Crippen molar-refractivity contribution in [3.8, 4) is 11.8 Å². The first-order valence-corrected chi connectivity index (χ1v) is 6.23. The number of nitrogens with one attached hydrogen (secondary N) is 1. The zero-order valence-corrected chi connectivity index (χ0v) is 11.2. The topological polar surface area (TPSA) is 101 Å². The van der Waals surface area contributed by atoms with Gasteiger partial charge in [0.05, 0.1) is 4.92 Å². The average molecular weight is 284 g/mol. The Bertz CT molecular complexity index is 743. The van der Waals surface area contributed by atoms with E-state index in [1.165, 1.54) is 22.8 Å². The molecule has 0 saturated carbocycles. The molecule has 21 heavy (non-hydrogen) atoms. The number of hydrogen-bond acceptors (Lipinski definition) is 4. The lowest BCUT2D eigenvalue weighted by atomic mass is 10.1. The molecule has 0 bridgehead atoms. The Morgan fingerprint density at radius 1 is 1.48 bits per heavy atom. The van der Waals surface area contributed by atoms with E-state index < -0.39 is 4.92 Å². The van der Waals surface area contributed by atoms with Crippen LogP contribution in [0.1, 0.15) is 23.0 Å². The third kappa shape index (κ3) is 2.74. The standard InChI is InChI=1S/C14H12N4O3/c1-2-16-14(19)10-5-6-12(13(8-10)18(20)21)17-7-3-4-11(17)9-15/h3-8H,2H2,1H3,(H,16,19). The van der Waals surface area contributed by atoms with Crippen LogP contribution in [0.15, 0.2) is 36.5 Å². The van der Waals surface area contributed by atoms with Crippen LogP contribution in [0.3, 0.4) is 0 Å². The van der Waals surface area contributed by atoms with Gasteiger partial charge in [-0.05, 0) is 31.2 Å². The third-order valence-corrected chi connectivity index (χ3v) is 2.89. The van der Waals surface area contributed by atoms with Crippen molar-refractivity contribution in [3.63, 3.8) is 0 Å². The zero-order valence-electron chi connectivity index (χ0n) is 11.2. The Kier molecular flexibility index (Phi) is 4.00. The van der Waals surface area contributed by atoms with Crippen molar-refractivity contribution in [1.29, 1.82) is 5.26 Å². The van der Waals surface area contributed by atoms with Crippen molar-refractivity contribution in [1.82, 2.24) is 9.88 Å². The van der Waals surface area contributed by atoms with Crippen LogP contribution in [0.25, 0.3) is 5.69 Å². The Morgan fingerprint density at radius 3 is 2.86 bits per heavy atom. The smallest absolute Gasteiger partial charge is 0.294 e. The number of rotatable bonds is 4. The number of nitro groups is 1. The minimum atomic E-state index is -0.570. The molecule has 0 atom stereocenters. The van der Waals surface area contributed by atoms with Crippen LogP contribution >= 0.6 is 0 Å². The molecule has 1 amide bonds. The van der Waals surface area contributed by atoms with Gasteiger partial charge in [-0.3, -0.25) is 14.9 Å². The summed E-state index contributed by atoms with van der Waals surface area (Å²) in [5.41, 5.74) is 0.503. The van der Waals surface area contributed by atoms with Crippen molar-refractivity contribution >= 4 is 11.6 Å². The van der Waals surface area contributed by atoms with Gasteiger partial charge in [0, 0.05) is 24.4 Å². The molecule has 0 aliphatic carbocycles. The lowest BCUT2D eigenvalue weighted by Crippen LogP contribution is -2.22. The SMILES string of the molecule is CCNC(=O)c1ccc(-n2cccc2C#N)c([N+](=O)[O-])c1. The highest BCUT2D eigenvalue weighted by Crippen LogP contribution is 2.25. The van der Waals surface area contributed by atoms with E-state index in [2.05, 4.69) is 5.32 Å². The predicted molar refractivity (Wildman–Crippen MR) is 75.1 cm³/mol. The molecule has 0 unspecified atom stereocenters. The van der Waals surface area contributed by atoms with Gasteiger partial charge in [-0.1, -0.05) is 0 Å². The summed E-state index contributed by atoms with van der Waals surface area (Å²) in [4.78, 5) is 22.4. The molecule has 1 heterocycles. The second-order valence-corrected chi connectivity index (χ2v) is 4.20. The molecule has 7 heteroatoms. The maximum Gasteiger partial charge on any atom is 0.294 e. The summed E-state index contributed by atoms with van der Waals surface area (Å²) < 4.78 is 1.42. The minimum absolute atomic E-state index is 0.206. The maximum absolute atomic E-state index is 11.7. The van der Waals surface area contributed by atoms with Gasteiger partial charge in [0.15, 0.2) is 0 Å². The first-order chi connectivity index (χ1) is 10.1. The lowest BCUT2D eigenvalue weighted by Gasteiger charge is -2.08. The average Bonchev–Trinajstić information content (AvgIpc) is 2.95. The molecule has 2 aromatic rings. The number of amides is 1. The fraction of sp³-hybridized carbons (Fsp3) is 0.143. The number of benzene rings is 1. The molecule has 0 aliphatic rings. The summed E-state index contributed by atoms with van der Waals surface area (Å²) in [6.45, 7) is 2.20. The van der Waals surface area contributed by atoms with E-state index in [9.17, 15) is 14.9 Å². The van der Waals surface area contributed by atoms with E-state index in [0.717, 1.165) is 0 Å². The Hall–Kier alpha value is -3.14. The van der Waals surface area contributed by atoms with Gasteiger partial charge >= 0.3 is 0 Å². The van der Waals surface area contributed by atoms with Crippen molar-refractivity contribution in [2.24, 2.45) is 0 Å². The monoisotopic (exact) mass is 284 g/mol. The number of nitriles is 1. The van der Waals surface area contributed by atoms with Crippen LogP contribution in [0.4, 0.5) is 5.69 Å². The fourth-order valence-electron chi connectivity index (χ4n) is 1.96. The van der Waals surface area contributed by atoms with Crippen LogP contribution in [0.5, 0.6) is 0 Å². The van der Waals surface area contributed by atoms with Crippen LogP contribution < -0.4 is 5.32 Å². The Balaban J connectivity index is 2.56. The molecule has 106 valence electrons. The van der Waals surface area contributed by atoms with Crippen LogP contribution in [-0.4, -0.2) is 21.9 Å². The molecule has 7 nitrogen and oxygen atoms in total. The van der Waals surface area contributed by atoms with Crippen molar-refractivity contribution < 1.29 is 9.72 Å². The molecular formula is C14H12N4O3.